The third-order valence-corrected chi connectivity index (χ3v) is 8.37. The van der Waals surface area contributed by atoms with Gasteiger partial charge in [0, 0.05) is 31.1 Å². The third kappa shape index (κ3) is 4.28. The lowest BCUT2D eigenvalue weighted by Gasteiger charge is -2.37. The summed E-state index contributed by atoms with van der Waals surface area (Å²) in [4.78, 5) is 27.9. The van der Waals surface area contributed by atoms with E-state index in [4.69, 9.17) is 10.5 Å². The lowest BCUT2D eigenvalue weighted by molar-refractivity contribution is -0.142. The molecule has 1 aromatic carbocycles. The number of benzene rings is 1. The normalized spacial score (nSPS) is 29.4. The van der Waals surface area contributed by atoms with Crippen LogP contribution in [0.2, 0.25) is 0 Å². The highest BCUT2D eigenvalue weighted by molar-refractivity contribution is 7.89. The number of fused-ring (bicyclic) bond motifs is 2. The van der Waals surface area contributed by atoms with E-state index in [0.717, 1.165) is 11.3 Å². The van der Waals surface area contributed by atoms with Crippen molar-refractivity contribution in [1.82, 2.24) is 14.5 Å². The zero-order valence-electron chi connectivity index (χ0n) is 17.7. The van der Waals surface area contributed by atoms with Gasteiger partial charge in [-0.15, -0.1) is 0 Å². The fraction of sp³-hybridized carbons (Fsp3) is 0.619. The number of amides is 2. The number of rotatable bonds is 4. The molecule has 4 atom stereocenters. The minimum absolute atomic E-state index is 0.0279. The van der Waals surface area contributed by atoms with Crippen LogP contribution in [0.5, 0.6) is 5.75 Å². The van der Waals surface area contributed by atoms with E-state index in [1.54, 1.807) is 11.8 Å². The quantitative estimate of drug-likeness (QED) is 0.683. The summed E-state index contributed by atoms with van der Waals surface area (Å²) in [5, 5.41) is 3.10. The first kappa shape index (κ1) is 22.0. The molecule has 0 saturated carbocycles. The van der Waals surface area contributed by atoms with Crippen molar-refractivity contribution < 1.29 is 22.7 Å². The SMILES string of the molecule is CCS(=O)(=O)N1CC[C@H]2CC[C@@H](C(=O)N[C@@H]3CCOc4ccccc43)N2C(=O)[C@@H](N)C1. The molecule has 31 heavy (non-hydrogen) atoms. The Morgan fingerprint density at radius 1 is 1.23 bits per heavy atom. The van der Waals surface area contributed by atoms with E-state index in [0.29, 0.717) is 38.8 Å². The van der Waals surface area contributed by atoms with Gasteiger partial charge in [0.05, 0.1) is 24.4 Å². The van der Waals surface area contributed by atoms with Crippen LogP contribution in [0.3, 0.4) is 0 Å². The van der Waals surface area contributed by atoms with Crippen molar-refractivity contribution in [2.75, 3.05) is 25.4 Å². The molecule has 9 nitrogen and oxygen atoms in total. The molecule has 4 rings (SSSR count). The first-order valence-corrected chi connectivity index (χ1v) is 12.5. The summed E-state index contributed by atoms with van der Waals surface area (Å²) in [6.45, 7) is 2.35. The molecule has 0 aromatic heterocycles. The number of para-hydroxylation sites is 1. The molecule has 3 N–H and O–H groups in total. The predicted molar refractivity (Wildman–Crippen MR) is 115 cm³/mol. The second-order valence-electron chi connectivity index (χ2n) is 8.38. The van der Waals surface area contributed by atoms with E-state index >= 15 is 0 Å². The Labute approximate surface area is 182 Å². The monoisotopic (exact) mass is 450 g/mol. The molecule has 10 heteroatoms. The minimum Gasteiger partial charge on any atom is -0.493 e. The van der Waals surface area contributed by atoms with Gasteiger partial charge in [-0.3, -0.25) is 9.59 Å². The van der Waals surface area contributed by atoms with Gasteiger partial charge in [0.15, 0.2) is 0 Å². The summed E-state index contributed by atoms with van der Waals surface area (Å²) in [6, 6.07) is 5.70. The van der Waals surface area contributed by atoms with E-state index in [-0.39, 0.29) is 36.2 Å². The molecule has 0 radical (unpaired) electrons. The third-order valence-electron chi connectivity index (χ3n) is 6.52. The van der Waals surface area contributed by atoms with Crippen LogP contribution in [0.4, 0.5) is 0 Å². The summed E-state index contributed by atoms with van der Waals surface area (Å²) in [5.74, 6) is 0.194. The second kappa shape index (κ2) is 8.76. The molecule has 3 aliphatic heterocycles. The van der Waals surface area contributed by atoms with Crippen LogP contribution in [0.1, 0.15) is 44.2 Å². The highest BCUT2D eigenvalue weighted by Crippen LogP contribution is 2.33. The van der Waals surface area contributed by atoms with Crippen LogP contribution < -0.4 is 15.8 Å². The Morgan fingerprint density at radius 2 is 2.00 bits per heavy atom. The fourth-order valence-corrected chi connectivity index (χ4v) is 5.96. The molecule has 3 aliphatic rings. The van der Waals surface area contributed by atoms with Crippen LogP contribution in [0.25, 0.3) is 0 Å². The first-order chi connectivity index (χ1) is 14.8. The zero-order chi connectivity index (χ0) is 22.2. The maximum absolute atomic E-state index is 13.2. The molecular weight excluding hydrogens is 420 g/mol. The molecule has 0 spiro atoms. The molecule has 0 unspecified atom stereocenters. The lowest BCUT2D eigenvalue weighted by Crippen LogP contribution is -2.59. The summed E-state index contributed by atoms with van der Waals surface area (Å²) in [6.07, 6.45) is 2.36. The van der Waals surface area contributed by atoms with Crippen molar-refractivity contribution in [3.63, 3.8) is 0 Å². The van der Waals surface area contributed by atoms with Crippen LogP contribution >= 0.6 is 0 Å². The Kier molecular flexibility index (Phi) is 6.23. The lowest BCUT2D eigenvalue weighted by atomic mass is 10.00. The van der Waals surface area contributed by atoms with Gasteiger partial charge in [0.1, 0.15) is 11.8 Å². The summed E-state index contributed by atoms with van der Waals surface area (Å²) >= 11 is 0. The number of carbonyl (C=O) groups is 2. The maximum Gasteiger partial charge on any atom is 0.243 e. The number of hydrogen-bond acceptors (Lipinski definition) is 6. The molecule has 0 aliphatic carbocycles. The number of nitrogens with one attached hydrogen (secondary N) is 1. The Morgan fingerprint density at radius 3 is 2.77 bits per heavy atom. The highest BCUT2D eigenvalue weighted by atomic mass is 32.2. The Hall–Kier alpha value is -2.17. The zero-order valence-corrected chi connectivity index (χ0v) is 18.5. The van der Waals surface area contributed by atoms with Crippen molar-refractivity contribution in [3.8, 4) is 5.75 Å². The smallest absolute Gasteiger partial charge is 0.243 e. The van der Waals surface area contributed by atoms with E-state index in [2.05, 4.69) is 5.32 Å². The van der Waals surface area contributed by atoms with Gasteiger partial charge in [-0.25, -0.2) is 8.42 Å². The summed E-state index contributed by atoms with van der Waals surface area (Å²) in [7, 11) is -3.43. The van der Waals surface area contributed by atoms with Gasteiger partial charge in [0.2, 0.25) is 21.8 Å². The molecular formula is C21H30N4O5S. The van der Waals surface area contributed by atoms with Crippen LogP contribution in [-0.2, 0) is 19.6 Å². The number of sulfonamides is 1. The average Bonchev–Trinajstić information content (AvgIpc) is 3.18. The number of nitrogens with two attached hydrogens (primary N) is 1. The van der Waals surface area contributed by atoms with Crippen LogP contribution in [0, 0.1) is 0 Å². The van der Waals surface area contributed by atoms with E-state index in [9.17, 15) is 18.0 Å². The topological polar surface area (TPSA) is 122 Å². The molecule has 1 aromatic rings. The number of hydrogen-bond donors (Lipinski definition) is 2. The largest absolute Gasteiger partial charge is 0.493 e. The number of carbonyl (C=O) groups excluding carboxylic acids is 2. The summed E-state index contributed by atoms with van der Waals surface area (Å²) < 4.78 is 31.6. The van der Waals surface area contributed by atoms with Crippen molar-refractivity contribution in [2.24, 2.45) is 5.73 Å². The number of nitrogens with zero attached hydrogens (tertiary/aromatic N) is 2. The van der Waals surface area contributed by atoms with Crippen molar-refractivity contribution >= 4 is 21.8 Å². The minimum atomic E-state index is -3.43. The van der Waals surface area contributed by atoms with Gasteiger partial charge in [-0.1, -0.05) is 18.2 Å². The van der Waals surface area contributed by atoms with Gasteiger partial charge in [-0.2, -0.15) is 4.31 Å². The van der Waals surface area contributed by atoms with Crippen molar-refractivity contribution in [1.29, 1.82) is 0 Å². The van der Waals surface area contributed by atoms with Gasteiger partial charge in [-0.05, 0) is 32.3 Å². The molecule has 2 saturated heterocycles. The highest BCUT2D eigenvalue weighted by Gasteiger charge is 2.45. The predicted octanol–water partition coefficient (Wildman–Crippen LogP) is 0.369. The van der Waals surface area contributed by atoms with Crippen molar-refractivity contribution in [2.45, 2.75) is 56.8 Å². The van der Waals surface area contributed by atoms with Gasteiger partial charge in [0.25, 0.3) is 0 Å². The van der Waals surface area contributed by atoms with E-state index < -0.39 is 22.1 Å². The Balaban J connectivity index is 1.49. The molecule has 0 bridgehead atoms. The molecule has 2 amide bonds. The molecule has 170 valence electrons. The van der Waals surface area contributed by atoms with Gasteiger partial charge < -0.3 is 20.7 Å². The van der Waals surface area contributed by atoms with E-state index in [1.807, 2.05) is 24.3 Å². The second-order valence-corrected chi connectivity index (χ2v) is 10.6. The summed E-state index contributed by atoms with van der Waals surface area (Å²) in [5.41, 5.74) is 7.05. The molecule has 2 fully saturated rings. The fourth-order valence-electron chi connectivity index (χ4n) is 4.83. The van der Waals surface area contributed by atoms with E-state index in [1.165, 1.54) is 4.31 Å². The van der Waals surface area contributed by atoms with Crippen LogP contribution in [0.15, 0.2) is 24.3 Å². The number of ether oxygens (including phenoxy) is 1. The van der Waals surface area contributed by atoms with Crippen LogP contribution in [-0.4, -0.2) is 73.0 Å². The molecule has 3 heterocycles. The van der Waals surface area contributed by atoms with Crippen molar-refractivity contribution in [3.05, 3.63) is 29.8 Å². The maximum atomic E-state index is 13.2. The van der Waals surface area contributed by atoms with Gasteiger partial charge >= 0.3 is 0 Å². The Bertz CT molecular complexity index is 953. The standard InChI is InChI=1S/C21H30N4O5S/c1-2-31(28,29)24-11-9-14-7-8-18(25(14)21(27)16(22)13-24)20(26)23-17-10-12-30-19-6-4-3-5-15(17)19/h3-6,14,16-18H,2,7-13,22H2,1H3,(H,23,26)/t14-,16+,17-,18+/m1/s1. The first-order valence-electron chi connectivity index (χ1n) is 10.9. The average molecular weight is 451 g/mol.